The Morgan fingerprint density at radius 1 is 1.05 bits per heavy atom. The van der Waals surface area contributed by atoms with Gasteiger partial charge in [-0.15, -0.1) is 0 Å². The third-order valence-corrected chi connectivity index (χ3v) is 4.33. The van der Waals surface area contributed by atoms with Gasteiger partial charge in [-0.1, -0.05) is 45.8 Å². The van der Waals surface area contributed by atoms with Crippen LogP contribution < -0.4 is 15.2 Å². The second kappa shape index (κ2) is 6.08. The molecular formula is C17H18BrNO2. The first-order valence-corrected chi connectivity index (χ1v) is 7.85. The number of rotatable bonds is 2. The van der Waals surface area contributed by atoms with Crippen LogP contribution >= 0.6 is 15.9 Å². The van der Waals surface area contributed by atoms with Crippen molar-refractivity contribution < 1.29 is 9.47 Å². The van der Waals surface area contributed by atoms with Crippen LogP contribution in [0, 0.1) is 6.92 Å². The third-order valence-electron chi connectivity index (χ3n) is 3.64. The van der Waals surface area contributed by atoms with Gasteiger partial charge < -0.3 is 15.2 Å². The van der Waals surface area contributed by atoms with Crippen LogP contribution in [0.25, 0.3) is 0 Å². The number of hydrogen-bond acceptors (Lipinski definition) is 3. The van der Waals surface area contributed by atoms with Crippen LogP contribution in [0.4, 0.5) is 0 Å². The molecule has 3 rings (SSSR count). The number of aryl methyl sites for hydroxylation is 1. The molecule has 2 aromatic carbocycles. The fraction of sp³-hybridized carbons (Fsp3) is 0.294. The first kappa shape index (κ1) is 14.4. The number of benzene rings is 2. The highest BCUT2D eigenvalue weighted by Gasteiger charge is 2.18. The zero-order chi connectivity index (χ0) is 14.8. The quantitative estimate of drug-likeness (QED) is 0.893. The van der Waals surface area contributed by atoms with Gasteiger partial charge in [0.1, 0.15) is 0 Å². The molecule has 0 fully saturated rings. The number of halogens is 1. The summed E-state index contributed by atoms with van der Waals surface area (Å²) < 4.78 is 12.4. The zero-order valence-electron chi connectivity index (χ0n) is 11.9. The standard InChI is InChI=1S/C17H18BrNO2/c1-11-3-5-12(6-4-11)17(19)13-9-15-16(10-14(13)18)21-8-2-7-20-15/h3-6,9-10,17H,2,7-8,19H2,1H3. The van der Waals surface area contributed by atoms with E-state index in [0.717, 1.165) is 33.5 Å². The van der Waals surface area contributed by atoms with Crippen LogP contribution in [0.3, 0.4) is 0 Å². The van der Waals surface area contributed by atoms with E-state index in [0.29, 0.717) is 13.2 Å². The van der Waals surface area contributed by atoms with E-state index in [1.54, 1.807) is 0 Å². The van der Waals surface area contributed by atoms with E-state index in [9.17, 15) is 0 Å². The molecule has 1 unspecified atom stereocenters. The minimum Gasteiger partial charge on any atom is -0.490 e. The average Bonchev–Trinajstić information content (AvgIpc) is 2.71. The minimum atomic E-state index is -0.197. The van der Waals surface area contributed by atoms with Gasteiger partial charge in [0.15, 0.2) is 11.5 Å². The van der Waals surface area contributed by atoms with Crippen LogP contribution in [-0.4, -0.2) is 13.2 Å². The zero-order valence-corrected chi connectivity index (χ0v) is 13.5. The molecule has 1 heterocycles. The van der Waals surface area contributed by atoms with Gasteiger partial charge in [-0.2, -0.15) is 0 Å². The fourth-order valence-electron chi connectivity index (χ4n) is 2.39. The van der Waals surface area contributed by atoms with E-state index in [1.165, 1.54) is 5.56 Å². The molecule has 2 N–H and O–H groups in total. The maximum Gasteiger partial charge on any atom is 0.162 e. The molecule has 0 saturated heterocycles. The van der Waals surface area contributed by atoms with Crippen LogP contribution in [0.1, 0.15) is 29.2 Å². The Kier molecular flexibility index (Phi) is 4.17. The van der Waals surface area contributed by atoms with Gasteiger partial charge in [-0.25, -0.2) is 0 Å². The molecule has 0 aliphatic carbocycles. The Balaban J connectivity index is 1.97. The van der Waals surface area contributed by atoms with Crippen molar-refractivity contribution in [3.8, 4) is 11.5 Å². The van der Waals surface area contributed by atoms with Crippen molar-refractivity contribution in [2.75, 3.05) is 13.2 Å². The predicted molar refractivity (Wildman–Crippen MR) is 87.0 cm³/mol. The maximum atomic E-state index is 6.41. The molecule has 0 aromatic heterocycles. The van der Waals surface area contributed by atoms with Gasteiger partial charge in [0.2, 0.25) is 0 Å². The van der Waals surface area contributed by atoms with Crippen molar-refractivity contribution in [1.82, 2.24) is 0 Å². The fourth-order valence-corrected chi connectivity index (χ4v) is 2.96. The molecule has 0 saturated carbocycles. The lowest BCUT2D eigenvalue weighted by Crippen LogP contribution is -2.13. The second-order valence-corrected chi connectivity index (χ2v) is 6.11. The van der Waals surface area contributed by atoms with Crippen LogP contribution in [0.5, 0.6) is 11.5 Å². The average molecular weight is 348 g/mol. The molecule has 3 nitrogen and oxygen atoms in total. The molecular weight excluding hydrogens is 330 g/mol. The topological polar surface area (TPSA) is 44.5 Å². The summed E-state index contributed by atoms with van der Waals surface area (Å²) in [5.74, 6) is 1.55. The van der Waals surface area contributed by atoms with E-state index in [2.05, 4.69) is 47.1 Å². The predicted octanol–water partition coefficient (Wildman–Crippen LogP) is 3.97. The van der Waals surface area contributed by atoms with Gasteiger partial charge in [-0.05, 0) is 30.2 Å². The Hall–Kier alpha value is -1.52. The highest BCUT2D eigenvalue weighted by Crippen LogP contribution is 2.38. The van der Waals surface area contributed by atoms with Gasteiger partial charge in [0.05, 0.1) is 19.3 Å². The third kappa shape index (κ3) is 3.06. The molecule has 2 aromatic rings. The first-order chi connectivity index (χ1) is 10.1. The summed E-state index contributed by atoms with van der Waals surface area (Å²) in [5, 5.41) is 0. The summed E-state index contributed by atoms with van der Waals surface area (Å²) in [6.07, 6.45) is 0.894. The summed E-state index contributed by atoms with van der Waals surface area (Å²) in [4.78, 5) is 0. The summed E-state index contributed by atoms with van der Waals surface area (Å²) >= 11 is 3.60. The maximum absolute atomic E-state index is 6.41. The Morgan fingerprint density at radius 3 is 2.33 bits per heavy atom. The summed E-state index contributed by atoms with van der Waals surface area (Å²) in [7, 11) is 0. The van der Waals surface area contributed by atoms with E-state index in [-0.39, 0.29) is 6.04 Å². The van der Waals surface area contributed by atoms with Gasteiger partial charge in [-0.3, -0.25) is 0 Å². The molecule has 0 spiro atoms. The Labute approximate surface area is 133 Å². The number of fused-ring (bicyclic) bond motifs is 1. The molecule has 1 atom stereocenters. The molecule has 0 radical (unpaired) electrons. The lowest BCUT2D eigenvalue weighted by molar-refractivity contribution is 0.297. The highest BCUT2D eigenvalue weighted by molar-refractivity contribution is 9.10. The second-order valence-electron chi connectivity index (χ2n) is 5.26. The lowest BCUT2D eigenvalue weighted by atomic mass is 9.98. The van der Waals surface area contributed by atoms with Crippen LogP contribution in [-0.2, 0) is 0 Å². The van der Waals surface area contributed by atoms with E-state index in [1.807, 2.05) is 12.1 Å². The van der Waals surface area contributed by atoms with Crippen molar-refractivity contribution in [2.45, 2.75) is 19.4 Å². The van der Waals surface area contributed by atoms with Gasteiger partial charge >= 0.3 is 0 Å². The largest absolute Gasteiger partial charge is 0.490 e. The van der Waals surface area contributed by atoms with E-state index < -0.39 is 0 Å². The van der Waals surface area contributed by atoms with E-state index >= 15 is 0 Å². The summed E-state index contributed by atoms with van der Waals surface area (Å²) in [5.41, 5.74) is 9.72. The molecule has 0 amide bonds. The Morgan fingerprint density at radius 2 is 1.67 bits per heavy atom. The SMILES string of the molecule is Cc1ccc(C(N)c2cc3c(cc2Br)OCCCO3)cc1. The van der Waals surface area contributed by atoms with Crippen LogP contribution in [0.2, 0.25) is 0 Å². The molecule has 1 aliphatic rings. The molecule has 21 heavy (non-hydrogen) atoms. The number of hydrogen-bond donors (Lipinski definition) is 1. The highest BCUT2D eigenvalue weighted by atomic mass is 79.9. The lowest BCUT2D eigenvalue weighted by Gasteiger charge is -2.17. The first-order valence-electron chi connectivity index (χ1n) is 7.06. The molecule has 0 bridgehead atoms. The smallest absolute Gasteiger partial charge is 0.162 e. The summed E-state index contributed by atoms with van der Waals surface area (Å²) in [6.45, 7) is 3.43. The van der Waals surface area contributed by atoms with Crippen molar-refractivity contribution in [2.24, 2.45) is 5.73 Å². The van der Waals surface area contributed by atoms with Gasteiger partial charge in [0, 0.05) is 10.9 Å². The molecule has 1 aliphatic heterocycles. The van der Waals surface area contributed by atoms with Crippen molar-refractivity contribution in [3.05, 3.63) is 57.6 Å². The van der Waals surface area contributed by atoms with E-state index in [4.69, 9.17) is 15.2 Å². The molecule has 4 heteroatoms. The van der Waals surface area contributed by atoms with Crippen LogP contribution in [0.15, 0.2) is 40.9 Å². The summed E-state index contributed by atoms with van der Waals surface area (Å²) in [6, 6.07) is 12.0. The number of nitrogens with two attached hydrogens (primary N) is 1. The number of ether oxygens (including phenoxy) is 2. The van der Waals surface area contributed by atoms with Crippen molar-refractivity contribution >= 4 is 15.9 Å². The normalized spacial score (nSPS) is 15.4. The monoisotopic (exact) mass is 347 g/mol. The van der Waals surface area contributed by atoms with Gasteiger partial charge in [0.25, 0.3) is 0 Å². The molecule has 110 valence electrons. The minimum absolute atomic E-state index is 0.197. The van der Waals surface area contributed by atoms with Crippen molar-refractivity contribution in [1.29, 1.82) is 0 Å². The Bertz CT molecular complexity index is 640. The van der Waals surface area contributed by atoms with Crippen molar-refractivity contribution in [3.63, 3.8) is 0 Å².